The number of aromatic nitrogens is 2. The van der Waals surface area contributed by atoms with Gasteiger partial charge in [-0.2, -0.15) is 0 Å². The Morgan fingerprint density at radius 1 is 1.17 bits per heavy atom. The molecule has 0 radical (unpaired) electrons. The number of hydrogen-bond acceptors (Lipinski definition) is 4. The highest BCUT2D eigenvalue weighted by Crippen LogP contribution is 2.21. The maximum Gasteiger partial charge on any atom is 0.251 e. The first kappa shape index (κ1) is 15.8. The zero-order valence-corrected chi connectivity index (χ0v) is 14.6. The Morgan fingerprint density at radius 2 is 2.00 bits per heavy atom. The summed E-state index contributed by atoms with van der Waals surface area (Å²) in [5.41, 5.74) is 2.50. The van der Waals surface area contributed by atoms with Crippen molar-refractivity contribution in [2.24, 2.45) is 0 Å². The monoisotopic (exact) mass is 387 g/mol. The molecular formula is C17H14BrN3OS. The number of hydrogen-bond donors (Lipinski definition) is 1. The van der Waals surface area contributed by atoms with Crippen LogP contribution in [0.15, 0.2) is 58.5 Å². The van der Waals surface area contributed by atoms with Crippen molar-refractivity contribution in [1.29, 1.82) is 0 Å². The van der Waals surface area contributed by atoms with E-state index in [1.54, 1.807) is 29.7 Å². The van der Waals surface area contributed by atoms with Gasteiger partial charge in [0.05, 0.1) is 11.4 Å². The van der Waals surface area contributed by atoms with Gasteiger partial charge in [0.1, 0.15) is 5.01 Å². The summed E-state index contributed by atoms with van der Waals surface area (Å²) in [7, 11) is 0. The molecule has 0 unspecified atom stereocenters. The second-order valence-corrected chi connectivity index (χ2v) is 6.65. The SMILES string of the molecule is O=C(NCCc1csc(-c2ccccn2)n1)c1ccc(Br)cc1. The van der Waals surface area contributed by atoms with E-state index in [4.69, 9.17) is 0 Å². The first-order valence-electron chi connectivity index (χ1n) is 7.12. The fourth-order valence-electron chi connectivity index (χ4n) is 2.04. The molecule has 2 heterocycles. The van der Waals surface area contributed by atoms with Crippen LogP contribution < -0.4 is 5.32 Å². The van der Waals surface area contributed by atoms with E-state index < -0.39 is 0 Å². The number of thiazole rings is 1. The van der Waals surface area contributed by atoms with Crippen LogP contribution in [0.4, 0.5) is 0 Å². The highest BCUT2D eigenvalue weighted by molar-refractivity contribution is 9.10. The Morgan fingerprint density at radius 3 is 2.74 bits per heavy atom. The summed E-state index contributed by atoms with van der Waals surface area (Å²) >= 11 is 4.92. The molecule has 4 nitrogen and oxygen atoms in total. The van der Waals surface area contributed by atoms with E-state index in [1.165, 1.54) is 0 Å². The summed E-state index contributed by atoms with van der Waals surface area (Å²) in [5, 5.41) is 5.82. The summed E-state index contributed by atoms with van der Waals surface area (Å²) in [6, 6.07) is 13.1. The van der Waals surface area contributed by atoms with E-state index >= 15 is 0 Å². The Hall–Kier alpha value is -2.05. The molecule has 0 saturated heterocycles. The number of amides is 1. The highest BCUT2D eigenvalue weighted by Gasteiger charge is 2.07. The van der Waals surface area contributed by atoms with E-state index in [1.807, 2.05) is 35.7 Å². The van der Waals surface area contributed by atoms with Gasteiger partial charge >= 0.3 is 0 Å². The van der Waals surface area contributed by atoms with Crippen molar-refractivity contribution in [2.45, 2.75) is 6.42 Å². The number of nitrogens with zero attached hydrogens (tertiary/aromatic N) is 2. The molecule has 0 fully saturated rings. The fourth-order valence-corrected chi connectivity index (χ4v) is 3.13. The van der Waals surface area contributed by atoms with Gasteiger partial charge in [0, 0.05) is 34.6 Å². The highest BCUT2D eigenvalue weighted by atomic mass is 79.9. The second kappa shape index (κ2) is 7.48. The minimum atomic E-state index is -0.0716. The van der Waals surface area contributed by atoms with Gasteiger partial charge in [0.25, 0.3) is 5.91 Å². The summed E-state index contributed by atoms with van der Waals surface area (Å²) < 4.78 is 0.957. The number of carbonyl (C=O) groups excluding carboxylic acids is 1. The minimum Gasteiger partial charge on any atom is -0.352 e. The van der Waals surface area contributed by atoms with Crippen molar-refractivity contribution < 1.29 is 4.79 Å². The molecule has 0 aliphatic heterocycles. The van der Waals surface area contributed by atoms with Crippen LogP contribution in [0.2, 0.25) is 0 Å². The average Bonchev–Trinajstić information content (AvgIpc) is 3.05. The normalized spacial score (nSPS) is 10.5. The smallest absolute Gasteiger partial charge is 0.251 e. The van der Waals surface area contributed by atoms with Crippen LogP contribution in [-0.2, 0) is 6.42 Å². The lowest BCUT2D eigenvalue weighted by atomic mass is 10.2. The third-order valence-electron chi connectivity index (χ3n) is 3.21. The van der Waals surface area contributed by atoms with Crippen molar-refractivity contribution >= 4 is 33.2 Å². The van der Waals surface area contributed by atoms with Crippen molar-refractivity contribution in [2.75, 3.05) is 6.54 Å². The molecule has 0 bridgehead atoms. The second-order valence-electron chi connectivity index (χ2n) is 4.87. The molecule has 2 aromatic heterocycles. The molecule has 0 aliphatic carbocycles. The van der Waals surface area contributed by atoms with Crippen molar-refractivity contribution in [1.82, 2.24) is 15.3 Å². The predicted molar refractivity (Wildman–Crippen MR) is 95.5 cm³/mol. The van der Waals surface area contributed by atoms with Gasteiger partial charge in [-0.1, -0.05) is 22.0 Å². The van der Waals surface area contributed by atoms with Gasteiger partial charge in [-0.05, 0) is 36.4 Å². The molecule has 1 amide bonds. The van der Waals surface area contributed by atoms with Gasteiger partial charge in [-0.3, -0.25) is 9.78 Å². The Bertz CT molecular complexity index is 787. The summed E-state index contributed by atoms with van der Waals surface area (Å²) in [6.45, 7) is 0.556. The van der Waals surface area contributed by atoms with Gasteiger partial charge in [0.15, 0.2) is 0 Å². The largest absolute Gasteiger partial charge is 0.352 e. The van der Waals surface area contributed by atoms with Crippen molar-refractivity contribution in [3.63, 3.8) is 0 Å². The van der Waals surface area contributed by atoms with Gasteiger partial charge in [-0.15, -0.1) is 11.3 Å². The quantitative estimate of drug-likeness (QED) is 0.721. The molecule has 6 heteroatoms. The van der Waals surface area contributed by atoms with E-state index in [-0.39, 0.29) is 5.91 Å². The minimum absolute atomic E-state index is 0.0716. The number of benzene rings is 1. The van der Waals surface area contributed by atoms with Gasteiger partial charge in [-0.25, -0.2) is 4.98 Å². The lowest BCUT2D eigenvalue weighted by molar-refractivity contribution is 0.0954. The molecule has 0 spiro atoms. The fraction of sp³-hybridized carbons (Fsp3) is 0.118. The number of nitrogens with one attached hydrogen (secondary N) is 1. The molecule has 1 aromatic carbocycles. The summed E-state index contributed by atoms with van der Waals surface area (Å²) in [6.07, 6.45) is 2.46. The Labute approximate surface area is 146 Å². The zero-order chi connectivity index (χ0) is 16.1. The summed E-state index contributed by atoms with van der Waals surface area (Å²) in [4.78, 5) is 20.9. The molecule has 0 atom stereocenters. The number of halogens is 1. The van der Waals surface area contributed by atoms with Gasteiger partial charge < -0.3 is 5.32 Å². The molecular weight excluding hydrogens is 374 g/mol. The van der Waals surface area contributed by atoms with Gasteiger partial charge in [0.2, 0.25) is 0 Å². The number of rotatable bonds is 5. The van der Waals surface area contributed by atoms with E-state index in [9.17, 15) is 4.79 Å². The maximum absolute atomic E-state index is 12.0. The van der Waals surface area contributed by atoms with E-state index in [0.717, 1.165) is 20.9 Å². The maximum atomic E-state index is 12.0. The number of pyridine rings is 1. The average molecular weight is 388 g/mol. The predicted octanol–water partition coefficient (Wildman–Crippen LogP) is 3.94. The molecule has 3 rings (SSSR count). The molecule has 1 N–H and O–H groups in total. The summed E-state index contributed by atoms with van der Waals surface area (Å²) in [5.74, 6) is -0.0716. The van der Waals surface area contributed by atoms with E-state index in [2.05, 4.69) is 31.2 Å². The first-order chi connectivity index (χ1) is 11.2. The Kier molecular flexibility index (Phi) is 5.15. The van der Waals surface area contributed by atoms with Crippen LogP contribution in [0.5, 0.6) is 0 Å². The molecule has 0 saturated carbocycles. The van der Waals surface area contributed by atoms with Crippen LogP contribution in [0, 0.1) is 0 Å². The first-order valence-corrected chi connectivity index (χ1v) is 8.79. The van der Waals surface area contributed by atoms with E-state index in [0.29, 0.717) is 18.5 Å². The topological polar surface area (TPSA) is 54.9 Å². The van der Waals surface area contributed by atoms with Crippen molar-refractivity contribution in [3.05, 3.63) is 69.8 Å². The Balaban J connectivity index is 1.54. The van der Waals surface area contributed by atoms with Crippen LogP contribution in [-0.4, -0.2) is 22.4 Å². The molecule has 116 valence electrons. The van der Waals surface area contributed by atoms with Crippen LogP contribution in [0.25, 0.3) is 10.7 Å². The third-order valence-corrected chi connectivity index (χ3v) is 4.65. The molecule has 0 aliphatic rings. The van der Waals surface area contributed by atoms with Crippen molar-refractivity contribution in [3.8, 4) is 10.7 Å². The van der Waals surface area contributed by atoms with Crippen LogP contribution >= 0.6 is 27.3 Å². The van der Waals surface area contributed by atoms with Crippen LogP contribution in [0.1, 0.15) is 16.1 Å². The lowest BCUT2D eigenvalue weighted by Gasteiger charge is -2.04. The standard InChI is InChI=1S/C17H14BrN3OS/c18-13-6-4-12(5-7-13)16(22)20-10-8-14-11-23-17(21-14)15-3-1-2-9-19-15/h1-7,9,11H,8,10H2,(H,20,22). The van der Waals surface area contributed by atoms with Crippen LogP contribution in [0.3, 0.4) is 0 Å². The lowest BCUT2D eigenvalue weighted by Crippen LogP contribution is -2.25. The molecule has 23 heavy (non-hydrogen) atoms. The third kappa shape index (κ3) is 4.24. The number of carbonyl (C=O) groups is 1. The zero-order valence-electron chi connectivity index (χ0n) is 12.2. The molecule has 3 aromatic rings.